The average Bonchev–Trinajstić information content (AvgIpc) is 2.40. The number of fused-ring (bicyclic) bond motifs is 1. The van der Waals surface area contributed by atoms with Crippen molar-refractivity contribution in [3.8, 4) is 0 Å². The molecule has 2 heterocycles. The number of hydrogen-bond acceptors (Lipinski definition) is 6. The maximum atomic E-state index is 11.0. The van der Waals surface area contributed by atoms with Crippen LogP contribution in [0.2, 0.25) is 0 Å². The van der Waals surface area contributed by atoms with Gasteiger partial charge in [-0.15, -0.1) is 0 Å². The number of hydrogen-bond donors (Lipinski definition) is 3. The molecule has 0 bridgehead atoms. The Morgan fingerprint density at radius 3 is 2.89 bits per heavy atom. The highest BCUT2D eigenvalue weighted by molar-refractivity contribution is 7.99. The van der Waals surface area contributed by atoms with E-state index >= 15 is 0 Å². The topological polar surface area (TPSA) is 90.9 Å². The Labute approximate surface area is 106 Å². The van der Waals surface area contributed by atoms with E-state index in [1.807, 2.05) is 30.3 Å². The molecule has 0 saturated carbocycles. The second kappa shape index (κ2) is 4.11. The fourth-order valence-corrected chi connectivity index (χ4v) is 2.74. The molecule has 3 N–H and O–H groups in total. The molecular formula is C11H10N4O2S. The molecule has 1 aromatic heterocycles. The SMILES string of the molecule is O=c1nc2c(n[nH]1)NC(O)(c1ccccc1)CS2. The van der Waals surface area contributed by atoms with E-state index in [-0.39, 0.29) is 0 Å². The van der Waals surface area contributed by atoms with E-state index in [0.29, 0.717) is 16.6 Å². The van der Waals surface area contributed by atoms with Crippen molar-refractivity contribution in [3.63, 3.8) is 0 Å². The Kier molecular flexibility index (Phi) is 2.57. The van der Waals surface area contributed by atoms with Crippen molar-refractivity contribution < 1.29 is 5.11 Å². The van der Waals surface area contributed by atoms with Crippen LogP contribution >= 0.6 is 11.8 Å². The lowest BCUT2D eigenvalue weighted by Crippen LogP contribution is -2.41. The van der Waals surface area contributed by atoms with E-state index in [4.69, 9.17) is 0 Å². The van der Waals surface area contributed by atoms with Gasteiger partial charge in [-0.25, -0.2) is 9.89 Å². The summed E-state index contributed by atoms with van der Waals surface area (Å²) in [4.78, 5) is 14.8. The number of rotatable bonds is 1. The Bertz CT molecular complexity index is 630. The largest absolute Gasteiger partial charge is 0.366 e. The molecule has 3 rings (SSSR count). The lowest BCUT2D eigenvalue weighted by atomic mass is 10.0. The second-order valence-corrected chi connectivity index (χ2v) is 4.90. The number of aromatic amines is 1. The first-order chi connectivity index (χ1) is 8.67. The number of nitrogens with one attached hydrogen (secondary N) is 2. The lowest BCUT2D eigenvalue weighted by Gasteiger charge is -2.33. The first-order valence-electron chi connectivity index (χ1n) is 5.33. The van der Waals surface area contributed by atoms with E-state index in [0.717, 1.165) is 5.56 Å². The molecule has 18 heavy (non-hydrogen) atoms. The number of aromatic nitrogens is 3. The van der Waals surface area contributed by atoms with Crippen LogP contribution in [0.3, 0.4) is 0 Å². The van der Waals surface area contributed by atoms with E-state index < -0.39 is 11.4 Å². The zero-order valence-corrected chi connectivity index (χ0v) is 10.1. The van der Waals surface area contributed by atoms with Gasteiger partial charge in [0.2, 0.25) is 0 Å². The zero-order chi connectivity index (χ0) is 12.6. The highest BCUT2D eigenvalue weighted by Gasteiger charge is 2.35. The van der Waals surface area contributed by atoms with Crippen molar-refractivity contribution in [1.82, 2.24) is 15.2 Å². The summed E-state index contributed by atoms with van der Waals surface area (Å²) in [5, 5.41) is 20.1. The molecule has 0 amide bonds. The number of benzene rings is 1. The summed E-state index contributed by atoms with van der Waals surface area (Å²) in [6.07, 6.45) is 0. The monoisotopic (exact) mass is 262 g/mol. The van der Waals surface area contributed by atoms with Crippen LogP contribution in [0.1, 0.15) is 5.56 Å². The van der Waals surface area contributed by atoms with E-state index in [9.17, 15) is 9.90 Å². The van der Waals surface area contributed by atoms with E-state index in [1.165, 1.54) is 11.8 Å². The number of thioether (sulfide) groups is 1. The van der Waals surface area contributed by atoms with Gasteiger partial charge in [0.25, 0.3) is 0 Å². The van der Waals surface area contributed by atoms with Crippen molar-refractivity contribution in [2.45, 2.75) is 10.8 Å². The van der Waals surface area contributed by atoms with Crippen molar-refractivity contribution in [2.24, 2.45) is 0 Å². The van der Waals surface area contributed by atoms with E-state index in [2.05, 4.69) is 20.5 Å². The quantitative estimate of drug-likeness (QED) is 0.694. The van der Waals surface area contributed by atoms with Crippen LogP contribution in [-0.2, 0) is 5.72 Å². The molecule has 7 heteroatoms. The van der Waals surface area contributed by atoms with Crippen LogP contribution in [0.5, 0.6) is 0 Å². The predicted molar refractivity (Wildman–Crippen MR) is 67.3 cm³/mol. The molecule has 1 aliphatic rings. The molecule has 1 aromatic carbocycles. The summed E-state index contributed by atoms with van der Waals surface area (Å²) in [6.45, 7) is 0. The molecular weight excluding hydrogens is 252 g/mol. The Morgan fingerprint density at radius 1 is 1.33 bits per heavy atom. The number of nitrogens with zero attached hydrogens (tertiary/aromatic N) is 2. The highest BCUT2D eigenvalue weighted by Crippen LogP contribution is 2.37. The van der Waals surface area contributed by atoms with Gasteiger partial charge in [0, 0.05) is 5.56 Å². The Morgan fingerprint density at radius 2 is 2.11 bits per heavy atom. The number of H-pyrrole nitrogens is 1. The minimum absolute atomic E-state index is 0.363. The van der Waals surface area contributed by atoms with Crippen molar-refractivity contribution in [1.29, 1.82) is 0 Å². The molecule has 0 saturated heterocycles. The van der Waals surface area contributed by atoms with Crippen LogP contribution in [0.15, 0.2) is 40.2 Å². The van der Waals surface area contributed by atoms with Gasteiger partial charge in [-0.05, 0) is 0 Å². The van der Waals surface area contributed by atoms with Crippen LogP contribution in [-0.4, -0.2) is 26.0 Å². The molecule has 92 valence electrons. The third kappa shape index (κ3) is 1.87. The molecule has 0 fully saturated rings. The standard InChI is InChI=1S/C11H10N4O2S/c16-10-12-9-8(14-15-10)13-11(17,6-18-9)7-4-2-1-3-5-7/h1-5,17H,6H2,(H,13,14)(H,12,15,16). The molecule has 1 unspecified atom stereocenters. The van der Waals surface area contributed by atoms with Crippen molar-refractivity contribution in [2.75, 3.05) is 11.1 Å². The first-order valence-corrected chi connectivity index (χ1v) is 6.31. The second-order valence-electron chi connectivity index (χ2n) is 3.93. The van der Waals surface area contributed by atoms with Gasteiger partial charge < -0.3 is 10.4 Å². The first kappa shape index (κ1) is 11.2. The van der Waals surface area contributed by atoms with Gasteiger partial charge in [-0.3, -0.25) is 0 Å². The summed E-state index contributed by atoms with van der Waals surface area (Å²) < 4.78 is 0. The van der Waals surface area contributed by atoms with Crippen LogP contribution in [0.4, 0.5) is 5.82 Å². The normalized spacial score (nSPS) is 22.1. The molecule has 1 aliphatic heterocycles. The average molecular weight is 262 g/mol. The number of anilines is 1. The van der Waals surface area contributed by atoms with Crippen LogP contribution in [0.25, 0.3) is 0 Å². The smallest absolute Gasteiger partial charge is 0.362 e. The van der Waals surface area contributed by atoms with E-state index in [1.54, 1.807) is 0 Å². The maximum Gasteiger partial charge on any atom is 0.362 e. The summed E-state index contributed by atoms with van der Waals surface area (Å²) in [5.41, 5.74) is -0.949. The summed E-state index contributed by atoms with van der Waals surface area (Å²) in [5.74, 6) is 0.750. The Balaban J connectivity index is 2.00. The van der Waals surface area contributed by atoms with Crippen LogP contribution < -0.4 is 11.0 Å². The maximum absolute atomic E-state index is 11.0. The third-order valence-corrected chi connectivity index (χ3v) is 3.78. The fraction of sp³-hybridized carbons (Fsp3) is 0.182. The minimum Gasteiger partial charge on any atom is -0.366 e. The summed E-state index contributed by atoms with van der Waals surface area (Å²) >= 11 is 1.30. The summed E-state index contributed by atoms with van der Waals surface area (Å²) in [6, 6.07) is 9.25. The molecule has 0 spiro atoms. The number of aliphatic hydroxyl groups is 1. The summed E-state index contributed by atoms with van der Waals surface area (Å²) in [7, 11) is 0. The predicted octanol–water partition coefficient (Wildman–Crippen LogP) is 0.528. The fourth-order valence-electron chi connectivity index (χ4n) is 1.78. The minimum atomic E-state index is -1.20. The molecule has 0 radical (unpaired) electrons. The molecule has 1 atom stereocenters. The van der Waals surface area contributed by atoms with Crippen LogP contribution in [0, 0.1) is 0 Å². The Hall–Kier alpha value is -1.86. The van der Waals surface area contributed by atoms with Gasteiger partial charge >= 0.3 is 5.69 Å². The van der Waals surface area contributed by atoms with Gasteiger partial charge in [-0.2, -0.15) is 10.1 Å². The lowest BCUT2D eigenvalue weighted by molar-refractivity contribution is 0.0915. The third-order valence-electron chi connectivity index (χ3n) is 2.66. The molecule has 6 nitrogen and oxygen atoms in total. The van der Waals surface area contributed by atoms with Gasteiger partial charge in [-0.1, -0.05) is 42.1 Å². The van der Waals surface area contributed by atoms with Crippen molar-refractivity contribution >= 4 is 17.6 Å². The van der Waals surface area contributed by atoms with Gasteiger partial charge in [0.05, 0.1) is 5.75 Å². The molecule has 0 aliphatic carbocycles. The molecule has 2 aromatic rings. The zero-order valence-electron chi connectivity index (χ0n) is 9.25. The van der Waals surface area contributed by atoms with Gasteiger partial charge in [0.15, 0.2) is 11.5 Å². The van der Waals surface area contributed by atoms with Gasteiger partial charge in [0.1, 0.15) is 5.03 Å². The highest BCUT2D eigenvalue weighted by atomic mass is 32.2. The van der Waals surface area contributed by atoms with Crippen molar-refractivity contribution in [3.05, 3.63) is 46.4 Å².